The maximum absolute atomic E-state index is 11.6. The van der Waals surface area contributed by atoms with E-state index in [1.807, 2.05) is 0 Å². The Morgan fingerprint density at radius 1 is 1.44 bits per heavy atom. The number of halogens is 1. The Labute approximate surface area is 100 Å². The van der Waals surface area contributed by atoms with E-state index in [0.717, 1.165) is 0 Å². The Bertz CT molecular complexity index is 457. The van der Waals surface area contributed by atoms with E-state index in [1.165, 1.54) is 14.0 Å². The van der Waals surface area contributed by atoms with Crippen molar-refractivity contribution >= 4 is 32.6 Å². The van der Waals surface area contributed by atoms with Gasteiger partial charge in [-0.2, -0.15) is 0 Å². The summed E-state index contributed by atoms with van der Waals surface area (Å²) < 4.78 is 15.8. The van der Waals surface area contributed by atoms with E-state index in [4.69, 9.17) is 10.9 Å². The first-order chi connectivity index (χ1) is 7.63. The van der Waals surface area contributed by atoms with Gasteiger partial charge in [-0.15, -0.1) is 0 Å². The molecule has 0 radical (unpaired) electrons. The summed E-state index contributed by atoms with van der Waals surface area (Å²) in [6.45, 7) is 1.30. The van der Waals surface area contributed by atoms with Gasteiger partial charge in [0, 0.05) is 0 Å². The Morgan fingerprint density at radius 3 is 2.81 bits per heavy atom. The first kappa shape index (κ1) is 11.2. The van der Waals surface area contributed by atoms with Crippen LogP contribution in [-0.4, -0.2) is 19.0 Å². The zero-order valence-electron chi connectivity index (χ0n) is 8.65. The first-order valence-corrected chi connectivity index (χ1v) is 7.26. The van der Waals surface area contributed by atoms with Gasteiger partial charge in [0.05, 0.1) is 0 Å². The molecule has 0 spiro atoms. The monoisotopic (exact) mass is 336 g/mol. The fourth-order valence-electron chi connectivity index (χ4n) is 1.30. The summed E-state index contributed by atoms with van der Waals surface area (Å²) in [5.74, 6) is -0.456. The molecule has 16 heavy (non-hydrogen) atoms. The molecule has 1 aromatic rings. The molecule has 6 heteroatoms. The Hall–Kier alpha value is -1.31. The van der Waals surface area contributed by atoms with Crippen LogP contribution in [0.25, 0.3) is 0 Å². The van der Waals surface area contributed by atoms with Gasteiger partial charge in [-0.25, -0.2) is 0 Å². The molecule has 1 aliphatic heterocycles. The first-order valence-electron chi connectivity index (χ1n) is 4.42. The third-order valence-electron chi connectivity index (χ3n) is 1.88. The van der Waals surface area contributed by atoms with Crippen molar-refractivity contribution in [3.05, 3.63) is 27.3 Å². The summed E-state index contributed by atoms with van der Waals surface area (Å²) in [6.07, 6.45) is 0. The van der Waals surface area contributed by atoms with Crippen molar-refractivity contribution in [3.8, 4) is 5.75 Å². The molecule has 5 nitrogen and oxygen atoms in total. The van der Waals surface area contributed by atoms with Crippen molar-refractivity contribution in [2.75, 3.05) is 7.11 Å². The number of hydrogen-bond donors (Lipinski definition) is 0. The van der Waals surface area contributed by atoms with Crippen molar-refractivity contribution < 1.29 is 20.5 Å². The topological polar surface area (TPSA) is 61.8 Å². The standard InChI is InChI=1S/C10H9IO5/c1-6(12)15-11-7-4-3-5-8(14-2)9(7)10(13)16-11/h3-5H,1-2H3. The number of carbonyl (C=O) groups is 2. The molecule has 0 saturated carbocycles. The molecule has 0 aliphatic carbocycles. The fraction of sp³-hybridized carbons (Fsp3) is 0.200. The molecular formula is C10H9IO5. The van der Waals surface area contributed by atoms with E-state index in [2.05, 4.69) is 0 Å². The zero-order chi connectivity index (χ0) is 11.7. The molecule has 0 unspecified atom stereocenters. The number of methoxy groups -OCH3 is 1. The van der Waals surface area contributed by atoms with Gasteiger partial charge in [0.2, 0.25) is 0 Å². The number of fused-ring (bicyclic) bond motifs is 1. The second-order valence-corrected chi connectivity index (χ2v) is 6.25. The molecule has 0 atom stereocenters. The van der Waals surface area contributed by atoms with Gasteiger partial charge in [-0.3, -0.25) is 0 Å². The van der Waals surface area contributed by atoms with Gasteiger partial charge in [0.1, 0.15) is 0 Å². The van der Waals surface area contributed by atoms with Crippen molar-refractivity contribution in [1.29, 1.82) is 0 Å². The number of hydrogen-bond acceptors (Lipinski definition) is 5. The summed E-state index contributed by atoms with van der Waals surface area (Å²) in [5, 5.41) is 0. The number of carbonyl (C=O) groups excluding carboxylic acids is 2. The van der Waals surface area contributed by atoms with E-state index >= 15 is 0 Å². The van der Waals surface area contributed by atoms with Gasteiger partial charge in [0.15, 0.2) is 0 Å². The third-order valence-corrected chi connectivity index (χ3v) is 5.55. The van der Waals surface area contributed by atoms with Gasteiger partial charge < -0.3 is 0 Å². The number of rotatable bonds is 2. The maximum atomic E-state index is 11.6. The molecule has 0 bridgehead atoms. The molecular weight excluding hydrogens is 327 g/mol. The summed E-state index contributed by atoms with van der Waals surface area (Å²) in [5.41, 5.74) is 0.386. The van der Waals surface area contributed by atoms with Crippen molar-refractivity contribution in [2.45, 2.75) is 6.92 Å². The molecule has 0 aromatic heterocycles. The van der Waals surface area contributed by atoms with E-state index in [0.29, 0.717) is 14.9 Å². The third kappa shape index (κ3) is 1.84. The van der Waals surface area contributed by atoms with Gasteiger partial charge >= 0.3 is 100 Å². The van der Waals surface area contributed by atoms with Crippen LogP contribution < -0.4 is 4.74 Å². The Kier molecular flexibility index (Phi) is 2.99. The second-order valence-electron chi connectivity index (χ2n) is 2.97. The van der Waals surface area contributed by atoms with E-state index in [1.54, 1.807) is 18.2 Å². The molecule has 0 saturated heterocycles. The van der Waals surface area contributed by atoms with Crippen LogP contribution in [0.4, 0.5) is 0 Å². The van der Waals surface area contributed by atoms with Crippen LogP contribution in [0.1, 0.15) is 17.3 Å². The average Bonchev–Trinajstić information content (AvgIpc) is 2.55. The molecule has 0 fully saturated rings. The second kappa shape index (κ2) is 4.28. The van der Waals surface area contributed by atoms with Crippen LogP contribution in [0.3, 0.4) is 0 Å². The molecule has 86 valence electrons. The van der Waals surface area contributed by atoms with Crippen molar-refractivity contribution in [1.82, 2.24) is 0 Å². The molecule has 0 N–H and O–H groups in total. The molecule has 1 aliphatic rings. The molecule has 1 aromatic carbocycles. The van der Waals surface area contributed by atoms with Crippen LogP contribution in [0.5, 0.6) is 5.75 Å². The Balaban J connectivity index is 2.43. The predicted molar refractivity (Wildman–Crippen MR) is 62.9 cm³/mol. The van der Waals surface area contributed by atoms with E-state index < -0.39 is 32.6 Å². The fourth-order valence-corrected chi connectivity index (χ4v) is 4.44. The summed E-state index contributed by atoms with van der Waals surface area (Å²) in [4.78, 5) is 22.4. The summed E-state index contributed by atoms with van der Waals surface area (Å²) in [6, 6.07) is 5.15. The normalized spacial score (nSPS) is 15.4. The van der Waals surface area contributed by atoms with Crippen LogP contribution in [0.15, 0.2) is 18.2 Å². The van der Waals surface area contributed by atoms with Crippen LogP contribution in [0.2, 0.25) is 0 Å². The SMILES string of the molecule is COc1cccc2c1C(=O)OI2OC(C)=O. The predicted octanol–water partition coefficient (Wildman–Crippen LogP) is 1.93. The van der Waals surface area contributed by atoms with Crippen LogP contribution in [0, 0.1) is 3.57 Å². The van der Waals surface area contributed by atoms with Crippen molar-refractivity contribution in [3.63, 3.8) is 0 Å². The van der Waals surface area contributed by atoms with E-state index in [9.17, 15) is 9.59 Å². The van der Waals surface area contributed by atoms with Gasteiger partial charge in [-0.1, -0.05) is 0 Å². The van der Waals surface area contributed by atoms with Crippen LogP contribution >= 0.6 is 20.6 Å². The van der Waals surface area contributed by atoms with Crippen LogP contribution in [-0.2, 0) is 10.9 Å². The molecule has 0 amide bonds. The summed E-state index contributed by atoms with van der Waals surface area (Å²) in [7, 11) is 1.48. The number of benzene rings is 1. The average molecular weight is 336 g/mol. The molecule has 1 heterocycles. The quantitative estimate of drug-likeness (QED) is 0.773. The van der Waals surface area contributed by atoms with E-state index in [-0.39, 0.29) is 0 Å². The summed E-state index contributed by atoms with van der Waals surface area (Å²) >= 11 is -2.60. The van der Waals surface area contributed by atoms with Crippen molar-refractivity contribution in [2.24, 2.45) is 0 Å². The minimum absolute atomic E-state index is 0.386. The minimum atomic E-state index is -2.60. The van der Waals surface area contributed by atoms with Gasteiger partial charge in [-0.05, 0) is 0 Å². The zero-order valence-corrected chi connectivity index (χ0v) is 10.8. The molecule has 2 rings (SSSR count). The van der Waals surface area contributed by atoms with Gasteiger partial charge in [0.25, 0.3) is 0 Å². The Morgan fingerprint density at radius 2 is 2.19 bits per heavy atom. The number of ether oxygens (including phenoxy) is 1.